The summed E-state index contributed by atoms with van der Waals surface area (Å²) in [7, 11) is 0. The van der Waals surface area contributed by atoms with E-state index in [9.17, 15) is 32.3 Å². The largest absolute Gasteiger partial charge is 0.481 e. The number of hydrogen-bond donors (Lipinski definition) is 2. The summed E-state index contributed by atoms with van der Waals surface area (Å²) in [5.41, 5.74) is 0.322. The highest BCUT2D eigenvalue weighted by Crippen LogP contribution is 2.44. The summed E-state index contributed by atoms with van der Waals surface area (Å²) in [6.45, 7) is 0.886. The smallest absolute Gasteiger partial charge is 0.392 e. The fourth-order valence-electron chi connectivity index (χ4n) is 3.80. The predicted octanol–water partition coefficient (Wildman–Crippen LogP) is 5.98. The first-order valence-electron chi connectivity index (χ1n) is 9.64. The van der Waals surface area contributed by atoms with Gasteiger partial charge in [-0.3, -0.25) is 9.59 Å². The van der Waals surface area contributed by atoms with Crippen LogP contribution in [-0.2, 0) is 9.59 Å². The number of hydrogen-bond acceptors (Lipinski definition) is 2. The number of alkyl halides is 3. The van der Waals surface area contributed by atoms with Crippen molar-refractivity contribution >= 4 is 29.2 Å². The van der Waals surface area contributed by atoms with Gasteiger partial charge in [0.05, 0.1) is 23.4 Å². The van der Waals surface area contributed by atoms with Crippen LogP contribution in [0.3, 0.4) is 0 Å². The van der Waals surface area contributed by atoms with Crippen molar-refractivity contribution in [2.45, 2.75) is 37.8 Å². The molecule has 4 atom stereocenters. The van der Waals surface area contributed by atoms with E-state index in [4.69, 9.17) is 11.6 Å². The standard InChI is InChI=1S/C22H20ClF4NO3/c1-11(22(25,26)27)19(12-2-5-14(23)6-3-12)20(29)28-18-10-13(4-9-17(18)24)15-7-8-16(15)21(30)31/h2-6,9-11,15-16,19H,7-8H2,1H3,(H,28,29)(H,30,31)/t11-,15+,16-,19+/m1/s1. The Hall–Kier alpha value is -2.61. The number of nitrogens with one attached hydrogen (secondary N) is 1. The van der Waals surface area contributed by atoms with Crippen LogP contribution >= 0.6 is 11.6 Å². The van der Waals surface area contributed by atoms with Crippen LogP contribution in [0.2, 0.25) is 5.02 Å². The highest BCUT2D eigenvalue weighted by molar-refractivity contribution is 6.30. The van der Waals surface area contributed by atoms with Gasteiger partial charge in [-0.15, -0.1) is 0 Å². The van der Waals surface area contributed by atoms with E-state index in [2.05, 4.69) is 5.32 Å². The molecule has 0 heterocycles. The molecular formula is C22H20ClF4NO3. The number of anilines is 1. The Morgan fingerprint density at radius 2 is 1.77 bits per heavy atom. The Morgan fingerprint density at radius 1 is 1.13 bits per heavy atom. The minimum Gasteiger partial charge on any atom is -0.481 e. The second-order valence-electron chi connectivity index (χ2n) is 7.72. The molecule has 1 aliphatic carbocycles. The van der Waals surface area contributed by atoms with Gasteiger partial charge >= 0.3 is 12.1 Å². The Kier molecular flexibility index (Phi) is 6.59. The quantitative estimate of drug-likeness (QED) is 0.524. The summed E-state index contributed by atoms with van der Waals surface area (Å²) in [5, 5.41) is 11.8. The van der Waals surface area contributed by atoms with Gasteiger partial charge in [-0.25, -0.2) is 4.39 Å². The first-order valence-corrected chi connectivity index (χ1v) is 10.0. The van der Waals surface area contributed by atoms with E-state index in [0.717, 1.165) is 13.0 Å². The molecule has 31 heavy (non-hydrogen) atoms. The number of aliphatic carboxylic acids is 1. The maximum Gasteiger partial charge on any atom is 0.392 e. The molecule has 2 aromatic rings. The van der Waals surface area contributed by atoms with E-state index in [1.54, 1.807) is 0 Å². The molecule has 0 saturated heterocycles. The molecule has 4 nitrogen and oxygen atoms in total. The normalized spacial score (nSPS) is 20.5. The zero-order valence-corrected chi connectivity index (χ0v) is 17.2. The van der Waals surface area contributed by atoms with Crippen molar-refractivity contribution in [3.8, 4) is 0 Å². The molecule has 9 heteroatoms. The molecule has 0 bridgehead atoms. The Labute approximate surface area is 181 Å². The van der Waals surface area contributed by atoms with Gasteiger partial charge in [0.1, 0.15) is 5.82 Å². The van der Waals surface area contributed by atoms with E-state index in [1.807, 2.05) is 0 Å². The van der Waals surface area contributed by atoms with Crippen LogP contribution in [0.15, 0.2) is 42.5 Å². The van der Waals surface area contributed by atoms with E-state index >= 15 is 0 Å². The van der Waals surface area contributed by atoms with Crippen LogP contribution < -0.4 is 5.32 Å². The molecule has 1 aliphatic rings. The number of carbonyl (C=O) groups excluding carboxylic acids is 1. The second-order valence-corrected chi connectivity index (χ2v) is 8.15. The molecule has 0 unspecified atom stereocenters. The maximum atomic E-state index is 14.4. The molecule has 2 aromatic carbocycles. The van der Waals surface area contributed by atoms with Crippen molar-refractivity contribution in [3.05, 3.63) is 64.4 Å². The number of rotatable bonds is 6. The van der Waals surface area contributed by atoms with Crippen LogP contribution in [-0.4, -0.2) is 23.2 Å². The highest BCUT2D eigenvalue weighted by Gasteiger charge is 2.45. The van der Waals surface area contributed by atoms with Gasteiger partial charge in [-0.05, 0) is 54.2 Å². The van der Waals surface area contributed by atoms with E-state index in [-0.39, 0.29) is 17.2 Å². The maximum absolute atomic E-state index is 14.4. The van der Waals surface area contributed by atoms with Crippen molar-refractivity contribution in [3.63, 3.8) is 0 Å². The van der Waals surface area contributed by atoms with Crippen LogP contribution in [0.4, 0.5) is 23.2 Å². The van der Waals surface area contributed by atoms with Gasteiger partial charge in [0.15, 0.2) is 0 Å². The summed E-state index contributed by atoms with van der Waals surface area (Å²) in [6, 6.07) is 9.21. The average molecular weight is 458 g/mol. The van der Waals surface area contributed by atoms with Crippen molar-refractivity contribution < 1.29 is 32.3 Å². The highest BCUT2D eigenvalue weighted by atomic mass is 35.5. The first-order chi connectivity index (χ1) is 14.5. The lowest BCUT2D eigenvalue weighted by molar-refractivity contribution is -0.178. The molecule has 0 spiro atoms. The third-order valence-electron chi connectivity index (χ3n) is 5.80. The second kappa shape index (κ2) is 8.86. The number of carbonyl (C=O) groups is 2. The van der Waals surface area contributed by atoms with Crippen molar-refractivity contribution in [1.82, 2.24) is 0 Å². The fraction of sp³-hybridized carbons (Fsp3) is 0.364. The van der Waals surface area contributed by atoms with Crippen molar-refractivity contribution in [1.29, 1.82) is 0 Å². The minimum atomic E-state index is -4.66. The van der Waals surface area contributed by atoms with Crippen LogP contribution in [0.25, 0.3) is 0 Å². The SMILES string of the molecule is C[C@H]([C@H](C(=O)Nc1cc([C@@H]2CC[C@H]2C(=O)O)ccc1F)c1ccc(Cl)cc1)C(F)(F)F. The lowest BCUT2D eigenvalue weighted by Gasteiger charge is -2.34. The number of benzene rings is 2. The fourth-order valence-corrected chi connectivity index (χ4v) is 3.93. The molecule has 1 amide bonds. The molecule has 1 saturated carbocycles. The minimum absolute atomic E-state index is 0.0909. The molecule has 0 aliphatic heterocycles. The summed E-state index contributed by atoms with van der Waals surface area (Å²) in [4.78, 5) is 24.1. The third kappa shape index (κ3) is 5.01. The molecule has 0 aromatic heterocycles. The Balaban J connectivity index is 1.90. The zero-order chi connectivity index (χ0) is 22.9. The molecule has 166 valence electrons. The Bertz CT molecular complexity index is 978. The van der Waals surface area contributed by atoms with E-state index in [0.29, 0.717) is 23.4 Å². The molecule has 2 N–H and O–H groups in total. The number of halogens is 5. The van der Waals surface area contributed by atoms with Gasteiger partial charge in [0, 0.05) is 5.02 Å². The number of amides is 1. The molecule has 0 radical (unpaired) electrons. The zero-order valence-electron chi connectivity index (χ0n) is 16.4. The predicted molar refractivity (Wildman–Crippen MR) is 108 cm³/mol. The first kappa shape index (κ1) is 23.1. The lowest BCUT2D eigenvalue weighted by Crippen LogP contribution is -2.34. The third-order valence-corrected chi connectivity index (χ3v) is 6.05. The topological polar surface area (TPSA) is 66.4 Å². The average Bonchev–Trinajstić information content (AvgIpc) is 2.64. The molecule has 3 rings (SSSR count). The lowest BCUT2D eigenvalue weighted by atomic mass is 9.70. The van der Waals surface area contributed by atoms with Crippen LogP contribution in [0.5, 0.6) is 0 Å². The van der Waals surface area contributed by atoms with Crippen LogP contribution in [0, 0.1) is 17.7 Å². The number of carboxylic acids is 1. The van der Waals surface area contributed by atoms with Gasteiger partial charge in [0.2, 0.25) is 5.91 Å². The summed E-state index contributed by atoms with van der Waals surface area (Å²) >= 11 is 5.80. The van der Waals surface area contributed by atoms with Crippen molar-refractivity contribution in [2.24, 2.45) is 11.8 Å². The summed E-state index contributed by atoms with van der Waals surface area (Å²) in [6.07, 6.45) is -3.59. The number of carboxylic acid groups (broad SMARTS) is 1. The van der Waals surface area contributed by atoms with Gasteiger partial charge in [-0.1, -0.05) is 36.7 Å². The molecular weight excluding hydrogens is 438 g/mol. The van der Waals surface area contributed by atoms with E-state index < -0.39 is 41.6 Å². The summed E-state index contributed by atoms with van der Waals surface area (Å²) < 4.78 is 54.7. The van der Waals surface area contributed by atoms with Crippen LogP contribution in [0.1, 0.15) is 42.7 Å². The van der Waals surface area contributed by atoms with Crippen molar-refractivity contribution in [2.75, 3.05) is 5.32 Å². The van der Waals surface area contributed by atoms with E-state index in [1.165, 1.54) is 36.4 Å². The summed E-state index contributed by atoms with van der Waals surface area (Å²) in [5.74, 6) is -7.42. The van der Waals surface area contributed by atoms with Gasteiger partial charge in [-0.2, -0.15) is 13.2 Å². The monoisotopic (exact) mass is 457 g/mol. The van der Waals surface area contributed by atoms with Gasteiger partial charge < -0.3 is 10.4 Å². The Morgan fingerprint density at radius 3 is 2.29 bits per heavy atom. The van der Waals surface area contributed by atoms with Gasteiger partial charge in [0.25, 0.3) is 0 Å². The molecule has 1 fully saturated rings.